The SMILES string of the molecule is C=C[C@H](OC)[C@H](CC)CCN1C[C@@]2(CCCc3cc(Cl)ccc32)COc2ccc(C(N)=O)cc21. The number of aryl methyl sites for hydroxylation is 1. The number of hydrogen-bond acceptors (Lipinski definition) is 4. The summed E-state index contributed by atoms with van der Waals surface area (Å²) in [4.78, 5) is 14.4. The Morgan fingerprint density at radius 3 is 2.88 bits per heavy atom. The number of anilines is 1. The van der Waals surface area contributed by atoms with E-state index in [0.29, 0.717) is 18.1 Å². The summed E-state index contributed by atoms with van der Waals surface area (Å²) in [7, 11) is 1.74. The second kappa shape index (κ2) is 10.4. The van der Waals surface area contributed by atoms with Gasteiger partial charge in [-0.25, -0.2) is 0 Å². The van der Waals surface area contributed by atoms with E-state index in [1.165, 1.54) is 11.1 Å². The van der Waals surface area contributed by atoms with Crippen molar-refractivity contribution < 1.29 is 14.3 Å². The van der Waals surface area contributed by atoms with Crippen molar-refractivity contribution in [1.82, 2.24) is 0 Å². The van der Waals surface area contributed by atoms with Crippen LogP contribution in [0.1, 0.15) is 54.1 Å². The number of carbonyl (C=O) groups is 1. The third kappa shape index (κ3) is 4.82. The van der Waals surface area contributed by atoms with E-state index in [9.17, 15) is 4.79 Å². The summed E-state index contributed by atoms with van der Waals surface area (Å²) >= 11 is 6.34. The molecule has 1 aliphatic carbocycles. The Morgan fingerprint density at radius 2 is 2.18 bits per heavy atom. The van der Waals surface area contributed by atoms with Crippen molar-refractivity contribution >= 4 is 23.2 Å². The zero-order chi connectivity index (χ0) is 24.3. The lowest BCUT2D eigenvalue weighted by atomic mass is 9.70. The average molecular weight is 483 g/mol. The lowest BCUT2D eigenvalue weighted by molar-refractivity contribution is 0.0845. The molecule has 0 unspecified atom stereocenters. The second-order valence-electron chi connectivity index (χ2n) is 9.59. The van der Waals surface area contributed by atoms with E-state index in [0.717, 1.165) is 61.7 Å². The molecule has 2 aromatic rings. The number of amides is 1. The Labute approximate surface area is 207 Å². The fourth-order valence-electron chi connectivity index (χ4n) is 5.71. The Kier molecular flexibility index (Phi) is 7.54. The first-order chi connectivity index (χ1) is 16.4. The first-order valence-corrected chi connectivity index (χ1v) is 12.5. The summed E-state index contributed by atoms with van der Waals surface area (Å²) < 4.78 is 12.1. The number of ether oxygens (including phenoxy) is 2. The summed E-state index contributed by atoms with van der Waals surface area (Å²) in [6, 6.07) is 11.8. The maximum atomic E-state index is 12.0. The van der Waals surface area contributed by atoms with Crippen LogP contribution in [0.3, 0.4) is 0 Å². The van der Waals surface area contributed by atoms with Crippen molar-refractivity contribution in [2.45, 2.75) is 50.5 Å². The van der Waals surface area contributed by atoms with Gasteiger partial charge in [0.1, 0.15) is 5.75 Å². The normalized spacial score (nSPS) is 21.1. The molecular weight excluding hydrogens is 448 g/mol. The third-order valence-electron chi connectivity index (χ3n) is 7.58. The predicted octanol–water partition coefficient (Wildman–Crippen LogP) is 5.53. The summed E-state index contributed by atoms with van der Waals surface area (Å²) in [6.07, 6.45) is 6.99. The van der Waals surface area contributed by atoms with E-state index in [2.05, 4.69) is 30.5 Å². The number of nitrogens with zero attached hydrogens (tertiary/aromatic N) is 1. The molecule has 0 radical (unpaired) electrons. The van der Waals surface area contributed by atoms with Gasteiger partial charge in [0, 0.05) is 36.2 Å². The quantitative estimate of drug-likeness (QED) is 0.502. The van der Waals surface area contributed by atoms with Gasteiger partial charge in [0.05, 0.1) is 18.4 Å². The molecule has 1 heterocycles. The summed E-state index contributed by atoms with van der Waals surface area (Å²) in [5.41, 5.74) is 9.53. The van der Waals surface area contributed by atoms with Gasteiger partial charge in [0.25, 0.3) is 0 Å². The van der Waals surface area contributed by atoms with E-state index in [-0.39, 0.29) is 11.5 Å². The molecule has 2 aromatic carbocycles. The van der Waals surface area contributed by atoms with Crippen molar-refractivity contribution in [3.63, 3.8) is 0 Å². The van der Waals surface area contributed by atoms with Crippen LogP contribution in [0.25, 0.3) is 0 Å². The van der Waals surface area contributed by atoms with Crippen LogP contribution in [0.5, 0.6) is 5.75 Å². The van der Waals surface area contributed by atoms with Gasteiger partial charge in [-0.3, -0.25) is 4.79 Å². The maximum absolute atomic E-state index is 12.0. The number of nitrogens with two attached hydrogens (primary N) is 1. The summed E-state index contributed by atoms with van der Waals surface area (Å²) in [5.74, 6) is 0.711. The molecule has 3 atom stereocenters. The van der Waals surface area contributed by atoms with Gasteiger partial charge in [0.2, 0.25) is 5.91 Å². The highest BCUT2D eigenvalue weighted by Gasteiger charge is 2.41. The Morgan fingerprint density at radius 1 is 1.35 bits per heavy atom. The number of hydrogen-bond donors (Lipinski definition) is 1. The monoisotopic (exact) mass is 482 g/mol. The van der Waals surface area contributed by atoms with Gasteiger partial charge in [-0.1, -0.05) is 37.1 Å². The van der Waals surface area contributed by atoms with Crippen LogP contribution in [0.4, 0.5) is 5.69 Å². The van der Waals surface area contributed by atoms with Gasteiger partial charge in [-0.15, -0.1) is 6.58 Å². The third-order valence-corrected chi connectivity index (χ3v) is 7.82. The number of halogens is 1. The molecular formula is C28H35ClN2O3. The Balaban J connectivity index is 1.72. The molecule has 34 heavy (non-hydrogen) atoms. The molecule has 1 amide bonds. The van der Waals surface area contributed by atoms with Crippen LogP contribution < -0.4 is 15.4 Å². The van der Waals surface area contributed by atoms with Gasteiger partial charge in [0.15, 0.2) is 0 Å². The van der Waals surface area contributed by atoms with Crippen LogP contribution >= 0.6 is 11.6 Å². The molecule has 1 spiro atoms. The van der Waals surface area contributed by atoms with Crippen LogP contribution in [0.2, 0.25) is 5.02 Å². The first kappa shape index (κ1) is 24.6. The minimum absolute atomic E-state index is 0.0103. The van der Waals surface area contributed by atoms with Crippen molar-refractivity contribution in [1.29, 1.82) is 0 Å². The van der Waals surface area contributed by atoms with E-state index in [4.69, 9.17) is 26.8 Å². The van der Waals surface area contributed by atoms with Gasteiger partial charge in [-0.2, -0.15) is 0 Å². The van der Waals surface area contributed by atoms with Crippen LogP contribution in [-0.4, -0.2) is 38.8 Å². The molecule has 182 valence electrons. The number of benzene rings is 2. The molecule has 4 rings (SSSR count). The molecule has 0 saturated carbocycles. The number of rotatable bonds is 8. The summed E-state index contributed by atoms with van der Waals surface area (Å²) in [5, 5.41) is 0.775. The first-order valence-electron chi connectivity index (χ1n) is 12.2. The zero-order valence-corrected chi connectivity index (χ0v) is 20.9. The van der Waals surface area contributed by atoms with Gasteiger partial charge in [-0.05, 0) is 73.1 Å². The molecule has 5 nitrogen and oxygen atoms in total. The molecule has 2 N–H and O–H groups in total. The zero-order valence-electron chi connectivity index (χ0n) is 20.2. The molecule has 6 heteroatoms. The van der Waals surface area contributed by atoms with Gasteiger partial charge >= 0.3 is 0 Å². The fraction of sp³-hybridized carbons (Fsp3) is 0.464. The molecule has 0 fully saturated rings. The highest BCUT2D eigenvalue weighted by molar-refractivity contribution is 6.30. The molecule has 1 aliphatic heterocycles. The highest BCUT2D eigenvalue weighted by Crippen LogP contribution is 2.44. The Hall–Kier alpha value is -2.50. The van der Waals surface area contributed by atoms with Crippen molar-refractivity contribution in [3.05, 3.63) is 70.8 Å². The number of carbonyl (C=O) groups excluding carboxylic acids is 1. The van der Waals surface area contributed by atoms with Gasteiger partial charge < -0.3 is 20.1 Å². The number of fused-ring (bicyclic) bond motifs is 3. The Bertz CT molecular complexity index is 1060. The maximum Gasteiger partial charge on any atom is 0.248 e. The number of methoxy groups -OCH3 is 1. The average Bonchev–Trinajstić information content (AvgIpc) is 2.99. The lowest BCUT2D eigenvalue weighted by Crippen LogP contribution is -2.46. The minimum atomic E-state index is -0.433. The van der Waals surface area contributed by atoms with Crippen molar-refractivity contribution in [2.75, 3.05) is 31.7 Å². The highest BCUT2D eigenvalue weighted by atomic mass is 35.5. The van der Waals surface area contributed by atoms with Crippen molar-refractivity contribution in [2.24, 2.45) is 11.7 Å². The van der Waals surface area contributed by atoms with Crippen LogP contribution in [0, 0.1) is 5.92 Å². The van der Waals surface area contributed by atoms with Crippen molar-refractivity contribution in [3.8, 4) is 5.75 Å². The van der Waals surface area contributed by atoms with Crippen LogP contribution in [-0.2, 0) is 16.6 Å². The number of primary amides is 1. The second-order valence-corrected chi connectivity index (χ2v) is 10.0. The molecule has 0 aromatic heterocycles. The van der Waals surface area contributed by atoms with E-state index in [1.54, 1.807) is 13.2 Å². The molecule has 2 aliphatic rings. The molecule has 0 saturated heterocycles. The lowest BCUT2D eigenvalue weighted by Gasteiger charge is -2.41. The molecule has 0 bridgehead atoms. The van der Waals surface area contributed by atoms with E-state index in [1.807, 2.05) is 24.3 Å². The minimum Gasteiger partial charge on any atom is -0.490 e. The van der Waals surface area contributed by atoms with Crippen LogP contribution in [0.15, 0.2) is 49.1 Å². The summed E-state index contributed by atoms with van der Waals surface area (Å²) in [6.45, 7) is 8.35. The standard InChI is InChI=1S/C28H35ClN2O3/c1-4-19(25(5-2)33-3)12-14-31-17-28(13-6-7-20-15-22(29)9-10-23(20)28)18-34-26-11-8-21(27(30)32)16-24(26)31/h5,8-11,15-16,19,25H,2,4,6-7,12-14,17-18H2,1,3H3,(H2,30,32)/t19-,25+,28+/m1/s1. The van der Waals surface area contributed by atoms with E-state index >= 15 is 0 Å². The predicted molar refractivity (Wildman–Crippen MR) is 138 cm³/mol. The smallest absolute Gasteiger partial charge is 0.248 e. The van der Waals surface area contributed by atoms with E-state index < -0.39 is 5.91 Å². The largest absolute Gasteiger partial charge is 0.490 e. The fourth-order valence-corrected chi connectivity index (χ4v) is 5.90. The topological polar surface area (TPSA) is 64.8 Å².